The highest BCUT2D eigenvalue weighted by Gasteiger charge is 2.26. The zero-order valence-electron chi connectivity index (χ0n) is 23.2. The van der Waals surface area contributed by atoms with Gasteiger partial charge in [-0.2, -0.15) is 0 Å². The van der Waals surface area contributed by atoms with Gasteiger partial charge in [0.1, 0.15) is 40.6 Å². The van der Waals surface area contributed by atoms with Gasteiger partial charge in [-0.1, -0.05) is 0 Å². The summed E-state index contributed by atoms with van der Waals surface area (Å²) >= 11 is 0. The minimum Gasteiger partial charge on any atom is -0.497 e. The van der Waals surface area contributed by atoms with Crippen molar-refractivity contribution in [2.24, 2.45) is 0 Å². The molecule has 1 heterocycles. The Bertz CT molecular complexity index is 1270. The van der Waals surface area contributed by atoms with Crippen molar-refractivity contribution >= 4 is 17.4 Å². The first-order chi connectivity index (χ1) is 18.8. The molecule has 0 aliphatic heterocycles. The van der Waals surface area contributed by atoms with Gasteiger partial charge < -0.3 is 38.6 Å². The Morgan fingerprint density at radius 2 is 1.36 bits per heavy atom. The molecule has 1 N–H and O–H groups in total. The molecular weight excluding hydrogens is 504 g/mol. The number of carboxylic acid groups (broad SMARTS) is 1. The van der Waals surface area contributed by atoms with Crippen molar-refractivity contribution < 1.29 is 33.6 Å². The fraction of sp³-hybridized carbons (Fsp3) is 0.321. The molecule has 0 bridgehead atoms. The quantitative estimate of drug-likeness (QED) is 0.321. The smallest absolute Gasteiger partial charge is 0.339 e. The van der Waals surface area contributed by atoms with Crippen molar-refractivity contribution in [3.05, 3.63) is 65.7 Å². The van der Waals surface area contributed by atoms with Gasteiger partial charge in [-0.05, 0) is 24.3 Å². The second-order valence-electron chi connectivity index (χ2n) is 8.60. The number of nitrogens with zero attached hydrogens (tertiary/aromatic N) is 4. The number of methoxy groups -OCH3 is 5. The highest BCUT2D eigenvalue weighted by atomic mass is 16.5. The number of aliphatic carboxylic acids is 1. The molecule has 0 aliphatic carbocycles. The van der Waals surface area contributed by atoms with Crippen LogP contribution in [0, 0.1) is 0 Å². The van der Waals surface area contributed by atoms with Gasteiger partial charge in [-0.3, -0.25) is 0 Å². The Hall–Kier alpha value is -4.67. The Morgan fingerprint density at radius 3 is 1.77 bits per heavy atom. The maximum atomic E-state index is 12.2. The zero-order chi connectivity index (χ0) is 28.5. The molecule has 0 spiro atoms. The average molecular weight is 539 g/mol. The van der Waals surface area contributed by atoms with Gasteiger partial charge in [0, 0.05) is 56.6 Å². The number of hydrogen-bond acceptors (Lipinski definition) is 10. The summed E-state index contributed by atoms with van der Waals surface area (Å²) in [7, 11) is 11.3. The van der Waals surface area contributed by atoms with Gasteiger partial charge >= 0.3 is 5.97 Å². The van der Waals surface area contributed by atoms with E-state index in [1.54, 1.807) is 59.6 Å². The molecule has 0 atom stereocenters. The maximum absolute atomic E-state index is 12.2. The molecule has 11 heteroatoms. The highest BCUT2D eigenvalue weighted by Crippen LogP contribution is 2.37. The number of ether oxygens (including phenoxy) is 5. The summed E-state index contributed by atoms with van der Waals surface area (Å²) in [5, 5.41) is 9.95. The Morgan fingerprint density at radius 1 is 0.821 bits per heavy atom. The fourth-order valence-electron chi connectivity index (χ4n) is 4.03. The first kappa shape index (κ1) is 28.9. The largest absolute Gasteiger partial charge is 0.497 e. The monoisotopic (exact) mass is 538 g/mol. The molecule has 0 saturated heterocycles. The summed E-state index contributed by atoms with van der Waals surface area (Å²) < 4.78 is 27.7. The maximum Gasteiger partial charge on any atom is 0.339 e. The van der Waals surface area contributed by atoms with E-state index < -0.39 is 5.97 Å². The molecule has 208 valence electrons. The van der Waals surface area contributed by atoms with Crippen molar-refractivity contribution in [1.29, 1.82) is 0 Å². The summed E-state index contributed by atoms with van der Waals surface area (Å²) in [5.41, 5.74) is 1.80. The van der Waals surface area contributed by atoms with Crippen LogP contribution in [0.25, 0.3) is 5.57 Å². The molecular formula is C28H34N4O7. The lowest BCUT2D eigenvalue weighted by Gasteiger charge is -2.28. The predicted octanol–water partition coefficient (Wildman–Crippen LogP) is 3.71. The van der Waals surface area contributed by atoms with Gasteiger partial charge in [-0.15, -0.1) is 0 Å². The SMILES string of the molecule is COc1ccc(CN(Cc2ccc(OC)cc2OC)c2ncnc(/C(=C/N(C)C)C(=O)O)c2OC)c(OC)c1. The summed E-state index contributed by atoms with van der Waals surface area (Å²) in [6.45, 7) is 0.657. The molecule has 0 radical (unpaired) electrons. The third-order valence-electron chi connectivity index (χ3n) is 5.87. The standard InChI is InChI=1S/C28H34N4O7/c1-31(2)16-22(28(33)34)25-26(39-7)27(30-17-29-25)32(14-18-8-10-20(35-3)12-23(18)37-5)15-19-9-11-21(36-4)13-24(19)38-6/h8-13,16-17H,14-15H2,1-7H3,(H,33,34)/b22-16-. The molecule has 3 rings (SSSR count). The van der Waals surface area contributed by atoms with E-state index in [0.29, 0.717) is 41.9 Å². The predicted molar refractivity (Wildman–Crippen MR) is 147 cm³/mol. The van der Waals surface area contributed by atoms with Gasteiger partial charge in [0.15, 0.2) is 11.6 Å². The minimum absolute atomic E-state index is 0.0375. The van der Waals surface area contributed by atoms with E-state index >= 15 is 0 Å². The van der Waals surface area contributed by atoms with Gasteiger partial charge in [0.05, 0.1) is 35.5 Å². The van der Waals surface area contributed by atoms with E-state index in [2.05, 4.69) is 9.97 Å². The van der Waals surface area contributed by atoms with Gasteiger partial charge in [-0.25, -0.2) is 14.8 Å². The Kier molecular flexibility index (Phi) is 9.80. The highest BCUT2D eigenvalue weighted by molar-refractivity contribution is 6.15. The van der Waals surface area contributed by atoms with Crippen LogP contribution in [-0.2, 0) is 17.9 Å². The molecule has 2 aromatic carbocycles. The van der Waals surface area contributed by atoms with Crippen LogP contribution in [0.15, 0.2) is 48.9 Å². The van der Waals surface area contributed by atoms with E-state index in [0.717, 1.165) is 11.1 Å². The Balaban J connectivity index is 2.21. The summed E-state index contributed by atoms with van der Waals surface area (Å²) in [6.07, 6.45) is 2.80. The van der Waals surface area contributed by atoms with Crippen molar-refractivity contribution in [2.45, 2.75) is 13.1 Å². The molecule has 0 amide bonds. The number of carbonyl (C=O) groups is 1. The summed E-state index contributed by atoms with van der Waals surface area (Å²) in [4.78, 5) is 24.5. The van der Waals surface area contributed by atoms with Gasteiger partial charge in [0.2, 0.25) is 0 Å². The first-order valence-electron chi connectivity index (χ1n) is 11.9. The topological polar surface area (TPSA) is 116 Å². The molecule has 0 aliphatic rings. The van der Waals surface area contributed by atoms with Gasteiger partial charge in [0.25, 0.3) is 0 Å². The molecule has 0 unspecified atom stereocenters. The summed E-state index contributed by atoms with van der Waals surface area (Å²) in [6, 6.07) is 11.1. The first-order valence-corrected chi connectivity index (χ1v) is 11.9. The number of aromatic nitrogens is 2. The molecule has 0 saturated carbocycles. The lowest BCUT2D eigenvalue weighted by Crippen LogP contribution is -2.25. The van der Waals surface area contributed by atoms with Crippen molar-refractivity contribution in [3.8, 4) is 28.7 Å². The number of rotatable bonds is 13. The minimum atomic E-state index is -1.15. The summed E-state index contributed by atoms with van der Waals surface area (Å²) in [5.74, 6) is 2.01. The van der Waals surface area contributed by atoms with Crippen molar-refractivity contribution in [2.75, 3.05) is 54.5 Å². The van der Waals surface area contributed by atoms with E-state index in [4.69, 9.17) is 23.7 Å². The second-order valence-corrected chi connectivity index (χ2v) is 8.60. The van der Waals surface area contributed by atoms with E-state index in [9.17, 15) is 9.90 Å². The van der Waals surface area contributed by atoms with E-state index in [1.165, 1.54) is 19.6 Å². The van der Waals surface area contributed by atoms with Crippen LogP contribution < -0.4 is 28.6 Å². The normalized spacial score (nSPS) is 11.0. The third-order valence-corrected chi connectivity index (χ3v) is 5.87. The van der Waals surface area contributed by atoms with Crippen LogP contribution >= 0.6 is 0 Å². The van der Waals surface area contributed by atoms with Crippen LogP contribution in [0.4, 0.5) is 5.82 Å². The van der Waals surface area contributed by atoms with Crippen molar-refractivity contribution in [1.82, 2.24) is 14.9 Å². The van der Waals surface area contributed by atoms with Crippen LogP contribution in [0.1, 0.15) is 16.8 Å². The van der Waals surface area contributed by atoms with E-state index in [1.807, 2.05) is 29.2 Å². The second kappa shape index (κ2) is 13.2. The van der Waals surface area contributed by atoms with Crippen LogP contribution in [0.2, 0.25) is 0 Å². The molecule has 39 heavy (non-hydrogen) atoms. The number of hydrogen-bond donors (Lipinski definition) is 1. The average Bonchev–Trinajstić information content (AvgIpc) is 2.95. The molecule has 11 nitrogen and oxygen atoms in total. The number of anilines is 1. The van der Waals surface area contributed by atoms with Crippen LogP contribution in [0.3, 0.4) is 0 Å². The van der Waals surface area contributed by atoms with E-state index in [-0.39, 0.29) is 17.0 Å². The zero-order valence-corrected chi connectivity index (χ0v) is 23.2. The van der Waals surface area contributed by atoms with Crippen LogP contribution in [-0.4, -0.2) is 75.6 Å². The molecule has 3 aromatic rings. The lowest BCUT2D eigenvalue weighted by atomic mass is 10.1. The Labute approximate surface area is 228 Å². The van der Waals surface area contributed by atoms with Crippen molar-refractivity contribution in [3.63, 3.8) is 0 Å². The number of benzene rings is 2. The molecule has 1 aromatic heterocycles. The third kappa shape index (κ3) is 6.81. The lowest BCUT2D eigenvalue weighted by molar-refractivity contribution is -0.130. The van der Waals surface area contributed by atoms with Crippen LogP contribution in [0.5, 0.6) is 28.7 Å². The molecule has 0 fully saturated rings. The fourth-order valence-corrected chi connectivity index (χ4v) is 4.03. The number of carboxylic acids is 1.